The van der Waals surface area contributed by atoms with E-state index in [0.717, 1.165) is 15.4 Å². The van der Waals surface area contributed by atoms with E-state index in [0.29, 0.717) is 5.69 Å². The maximum atomic E-state index is 8.67. The highest BCUT2D eigenvalue weighted by atomic mass is 32.2. The van der Waals surface area contributed by atoms with Crippen molar-refractivity contribution in [1.82, 2.24) is 9.97 Å². The van der Waals surface area contributed by atoms with Crippen LogP contribution in [-0.2, 0) is 0 Å². The van der Waals surface area contributed by atoms with Crippen LogP contribution in [0.2, 0.25) is 0 Å². The minimum Gasteiger partial charge on any atom is -0.409 e. The van der Waals surface area contributed by atoms with Crippen molar-refractivity contribution in [3.05, 3.63) is 54.4 Å². The molecular formula is C14H12N4OS. The Labute approximate surface area is 119 Å². The second kappa shape index (κ2) is 5.26. The highest BCUT2D eigenvalue weighted by Crippen LogP contribution is 2.29. The number of hydrogen-bond acceptors (Lipinski definition) is 4. The molecule has 0 fully saturated rings. The Kier molecular flexibility index (Phi) is 3.30. The predicted molar refractivity (Wildman–Crippen MR) is 79.2 cm³/mol. The quantitative estimate of drug-likeness (QED) is 0.299. The third-order valence-corrected chi connectivity index (χ3v) is 3.76. The number of nitrogens with two attached hydrogens (primary N) is 1. The number of rotatable bonds is 3. The zero-order valence-corrected chi connectivity index (χ0v) is 11.3. The first-order valence-electron chi connectivity index (χ1n) is 5.96. The van der Waals surface area contributed by atoms with Gasteiger partial charge in [-0.25, -0.2) is 0 Å². The molecule has 0 amide bonds. The number of benzene rings is 1. The van der Waals surface area contributed by atoms with Crippen molar-refractivity contribution < 1.29 is 5.21 Å². The topological polar surface area (TPSA) is 87.3 Å². The molecule has 1 aromatic carbocycles. The Morgan fingerprint density at radius 2 is 2.10 bits per heavy atom. The lowest BCUT2D eigenvalue weighted by Gasteiger charge is -2.01. The van der Waals surface area contributed by atoms with Crippen molar-refractivity contribution in [2.75, 3.05) is 0 Å². The van der Waals surface area contributed by atoms with Crippen molar-refractivity contribution in [3.63, 3.8) is 0 Å². The Hall–Kier alpha value is -2.47. The van der Waals surface area contributed by atoms with Gasteiger partial charge in [0, 0.05) is 22.0 Å². The highest BCUT2D eigenvalue weighted by Gasteiger charge is 2.06. The molecule has 0 aliphatic heterocycles. The number of nitrogens with one attached hydrogen (secondary N) is 1. The monoisotopic (exact) mass is 284 g/mol. The minimum atomic E-state index is 0.00379. The summed E-state index contributed by atoms with van der Waals surface area (Å²) in [5.41, 5.74) is 7.09. The van der Waals surface area contributed by atoms with Gasteiger partial charge in [-0.15, -0.1) is 0 Å². The first kappa shape index (κ1) is 12.6. The summed E-state index contributed by atoms with van der Waals surface area (Å²) in [4.78, 5) is 8.36. The summed E-state index contributed by atoms with van der Waals surface area (Å²) < 4.78 is 0. The Bertz CT molecular complexity index is 748. The number of aromatic nitrogens is 2. The molecule has 6 heteroatoms. The molecule has 0 bridgehead atoms. The smallest absolute Gasteiger partial charge is 0.188 e. The van der Waals surface area contributed by atoms with E-state index in [1.165, 1.54) is 5.39 Å². The number of oxime groups is 1. The van der Waals surface area contributed by atoms with Crippen LogP contribution in [0, 0.1) is 0 Å². The lowest BCUT2D eigenvalue weighted by molar-refractivity contribution is 0.318. The van der Waals surface area contributed by atoms with Gasteiger partial charge in [0.1, 0.15) is 5.69 Å². The molecule has 0 atom stereocenters. The number of amidine groups is 1. The average Bonchev–Trinajstić information content (AvgIpc) is 2.88. The number of nitrogens with zero attached hydrogens (tertiary/aromatic N) is 2. The van der Waals surface area contributed by atoms with Crippen LogP contribution in [0.3, 0.4) is 0 Å². The molecule has 0 radical (unpaired) electrons. The molecule has 0 unspecified atom stereocenters. The van der Waals surface area contributed by atoms with Gasteiger partial charge in [-0.2, -0.15) is 0 Å². The number of fused-ring (bicyclic) bond motifs is 1. The number of H-pyrrole nitrogens is 1. The summed E-state index contributed by atoms with van der Waals surface area (Å²) in [5, 5.41) is 13.8. The number of para-hydroxylation sites is 1. The lowest BCUT2D eigenvalue weighted by Crippen LogP contribution is -2.14. The van der Waals surface area contributed by atoms with Crippen LogP contribution in [0.4, 0.5) is 0 Å². The van der Waals surface area contributed by atoms with Gasteiger partial charge in [-0.1, -0.05) is 35.1 Å². The third-order valence-electron chi connectivity index (χ3n) is 2.83. The van der Waals surface area contributed by atoms with Crippen molar-refractivity contribution in [2.45, 2.75) is 9.92 Å². The molecule has 0 spiro atoms. The van der Waals surface area contributed by atoms with Gasteiger partial charge in [-0.05, 0) is 24.3 Å². The van der Waals surface area contributed by atoms with E-state index in [1.807, 2.05) is 24.3 Å². The van der Waals surface area contributed by atoms with Crippen LogP contribution in [0.1, 0.15) is 5.69 Å². The van der Waals surface area contributed by atoms with E-state index in [4.69, 9.17) is 10.9 Å². The number of hydrogen-bond donors (Lipinski definition) is 3. The van der Waals surface area contributed by atoms with Crippen LogP contribution in [0.25, 0.3) is 10.9 Å². The molecule has 2 aromatic heterocycles. The molecule has 0 saturated carbocycles. The molecule has 3 aromatic rings. The van der Waals surface area contributed by atoms with E-state index in [9.17, 15) is 0 Å². The predicted octanol–water partition coefficient (Wildman–Crippen LogP) is 2.81. The first-order valence-corrected chi connectivity index (χ1v) is 6.77. The summed E-state index contributed by atoms with van der Waals surface area (Å²) in [6.45, 7) is 0. The van der Waals surface area contributed by atoms with Gasteiger partial charge in [0.05, 0.1) is 5.03 Å². The van der Waals surface area contributed by atoms with Crippen molar-refractivity contribution in [1.29, 1.82) is 0 Å². The van der Waals surface area contributed by atoms with Crippen LogP contribution in [-0.4, -0.2) is 21.0 Å². The van der Waals surface area contributed by atoms with E-state index in [1.54, 1.807) is 24.0 Å². The summed E-state index contributed by atoms with van der Waals surface area (Å²) in [5.74, 6) is 0.00379. The summed E-state index contributed by atoms with van der Waals surface area (Å²) in [7, 11) is 0. The first-order chi connectivity index (χ1) is 9.76. The van der Waals surface area contributed by atoms with Crippen LogP contribution >= 0.6 is 11.8 Å². The normalized spacial score (nSPS) is 11.9. The molecule has 4 N–H and O–H groups in total. The standard InChI is InChI=1S/C14H12N4OS/c15-14(18-19)12-8-10(5-6-16-12)20-13-7-9-3-1-2-4-11(9)17-13/h1-8,17,19H,(H2,15,18). The van der Waals surface area contributed by atoms with Crippen molar-refractivity contribution >= 4 is 28.5 Å². The fraction of sp³-hybridized carbons (Fsp3) is 0. The lowest BCUT2D eigenvalue weighted by atomic mass is 10.3. The molecule has 0 aliphatic rings. The Morgan fingerprint density at radius 1 is 1.25 bits per heavy atom. The molecule has 5 nitrogen and oxygen atoms in total. The third kappa shape index (κ3) is 2.46. The van der Waals surface area contributed by atoms with Crippen LogP contribution in [0.15, 0.2) is 63.7 Å². The molecule has 0 saturated heterocycles. The maximum Gasteiger partial charge on any atom is 0.188 e. The van der Waals surface area contributed by atoms with Gasteiger partial charge in [0.2, 0.25) is 0 Å². The number of pyridine rings is 1. The second-order valence-electron chi connectivity index (χ2n) is 4.18. The molecule has 20 heavy (non-hydrogen) atoms. The van der Waals surface area contributed by atoms with Gasteiger partial charge >= 0.3 is 0 Å². The SMILES string of the molecule is N/C(=N/O)c1cc(Sc2cc3ccccc3[nH]2)ccn1. The second-order valence-corrected chi connectivity index (χ2v) is 5.30. The summed E-state index contributed by atoms with van der Waals surface area (Å²) in [6.07, 6.45) is 1.64. The minimum absolute atomic E-state index is 0.00379. The maximum absolute atomic E-state index is 8.67. The van der Waals surface area contributed by atoms with E-state index < -0.39 is 0 Å². The zero-order valence-electron chi connectivity index (χ0n) is 10.4. The van der Waals surface area contributed by atoms with Gasteiger partial charge < -0.3 is 15.9 Å². The summed E-state index contributed by atoms with van der Waals surface area (Å²) >= 11 is 1.57. The molecule has 3 rings (SSSR count). The summed E-state index contributed by atoms with van der Waals surface area (Å²) in [6, 6.07) is 13.8. The Morgan fingerprint density at radius 3 is 2.90 bits per heavy atom. The van der Waals surface area contributed by atoms with Crippen molar-refractivity contribution in [3.8, 4) is 0 Å². The van der Waals surface area contributed by atoms with E-state index in [2.05, 4.69) is 27.3 Å². The fourth-order valence-corrected chi connectivity index (χ4v) is 2.79. The fourth-order valence-electron chi connectivity index (χ4n) is 1.89. The van der Waals surface area contributed by atoms with Gasteiger partial charge in [0.25, 0.3) is 0 Å². The molecular weight excluding hydrogens is 272 g/mol. The highest BCUT2D eigenvalue weighted by molar-refractivity contribution is 7.99. The molecule has 100 valence electrons. The van der Waals surface area contributed by atoms with Crippen molar-refractivity contribution in [2.24, 2.45) is 10.9 Å². The van der Waals surface area contributed by atoms with E-state index in [-0.39, 0.29) is 5.84 Å². The molecule has 2 heterocycles. The number of aromatic amines is 1. The van der Waals surface area contributed by atoms with Crippen LogP contribution < -0.4 is 5.73 Å². The van der Waals surface area contributed by atoms with Gasteiger partial charge in [-0.3, -0.25) is 4.98 Å². The van der Waals surface area contributed by atoms with Crippen LogP contribution in [0.5, 0.6) is 0 Å². The van der Waals surface area contributed by atoms with E-state index >= 15 is 0 Å². The average molecular weight is 284 g/mol. The largest absolute Gasteiger partial charge is 0.409 e. The van der Waals surface area contributed by atoms with Gasteiger partial charge in [0.15, 0.2) is 5.84 Å². The molecule has 0 aliphatic carbocycles. The zero-order chi connectivity index (χ0) is 13.9. The Balaban J connectivity index is 1.90.